The Bertz CT molecular complexity index is 1770. The van der Waals surface area contributed by atoms with Crippen LogP contribution >= 0.6 is 0 Å². The first-order valence-electron chi connectivity index (χ1n) is 13.6. The zero-order valence-corrected chi connectivity index (χ0v) is 24.8. The summed E-state index contributed by atoms with van der Waals surface area (Å²) in [7, 11) is 2.71. The SMILES string of the molecule is COc1cccc(C(=O)O[C@H](C(=O)O)[C@@H](OC(=O)c2cccc(OC)c2)C(=O)NNC(=O)c2ccc(NC(=O)c3ccco3)cc2)c1. The highest BCUT2D eigenvalue weighted by molar-refractivity contribution is 6.03. The fraction of sp³-hybridized carbons (Fsp3) is 0.125. The van der Waals surface area contributed by atoms with Crippen LogP contribution in [0.3, 0.4) is 0 Å². The van der Waals surface area contributed by atoms with E-state index < -0.39 is 47.8 Å². The van der Waals surface area contributed by atoms with Gasteiger partial charge in [0.25, 0.3) is 17.7 Å². The molecule has 4 aromatic rings. The Morgan fingerprint density at radius 2 is 1.23 bits per heavy atom. The average molecular weight is 646 g/mol. The van der Waals surface area contributed by atoms with Crippen molar-refractivity contribution < 1.29 is 57.2 Å². The van der Waals surface area contributed by atoms with Gasteiger partial charge in [0.1, 0.15) is 11.5 Å². The molecule has 0 bridgehead atoms. The van der Waals surface area contributed by atoms with Gasteiger partial charge >= 0.3 is 17.9 Å². The number of ether oxygens (including phenoxy) is 4. The summed E-state index contributed by atoms with van der Waals surface area (Å²) < 4.78 is 25.5. The van der Waals surface area contributed by atoms with Gasteiger partial charge in [-0.25, -0.2) is 14.4 Å². The summed E-state index contributed by atoms with van der Waals surface area (Å²) in [5.74, 6) is -6.29. The maximum atomic E-state index is 13.3. The molecule has 4 N–H and O–H groups in total. The molecule has 3 amide bonds. The van der Waals surface area contributed by atoms with E-state index in [1.54, 1.807) is 6.07 Å². The Labute approximate surface area is 266 Å². The number of carboxylic acid groups (broad SMARTS) is 1. The Hall–Kier alpha value is -6.64. The maximum Gasteiger partial charge on any atom is 0.349 e. The third kappa shape index (κ3) is 8.72. The molecular formula is C32H27N3O12. The molecule has 0 fully saturated rings. The normalized spacial score (nSPS) is 11.6. The number of rotatable bonds is 12. The van der Waals surface area contributed by atoms with Gasteiger partial charge in [0.15, 0.2) is 5.76 Å². The average Bonchev–Trinajstić information content (AvgIpc) is 3.64. The second kappa shape index (κ2) is 15.4. The van der Waals surface area contributed by atoms with Gasteiger partial charge in [-0.1, -0.05) is 12.1 Å². The minimum atomic E-state index is -2.36. The van der Waals surface area contributed by atoms with E-state index in [-0.39, 0.29) is 33.9 Å². The van der Waals surface area contributed by atoms with E-state index in [2.05, 4.69) is 10.7 Å². The van der Waals surface area contributed by atoms with E-state index in [4.69, 9.17) is 23.4 Å². The standard InChI is InChI=1S/C32H27N3O12/c1-43-22-8-3-6-19(16-22)31(41)46-25(26(30(39)40)47-32(42)20-7-4-9-23(17-20)44-2)29(38)35-34-27(36)18-11-13-21(14-12-18)33-28(37)24-10-5-15-45-24/h3-17,25-26H,1-2H3,(H,33,37)(H,34,36)(H,35,38)(H,39,40)/t25-,26+/m1/s1. The van der Waals surface area contributed by atoms with Crippen LogP contribution in [0.15, 0.2) is 95.6 Å². The van der Waals surface area contributed by atoms with Gasteiger partial charge in [0.05, 0.1) is 31.6 Å². The number of esters is 2. The van der Waals surface area contributed by atoms with Gasteiger partial charge in [-0.3, -0.25) is 25.2 Å². The lowest BCUT2D eigenvalue weighted by Crippen LogP contribution is -2.54. The van der Waals surface area contributed by atoms with E-state index in [1.165, 1.54) is 99.3 Å². The van der Waals surface area contributed by atoms with E-state index in [0.717, 1.165) is 0 Å². The maximum absolute atomic E-state index is 13.3. The summed E-state index contributed by atoms with van der Waals surface area (Å²) in [5.41, 5.74) is 4.19. The van der Waals surface area contributed by atoms with Crippen LogP contribution in [0.1, 0.15) is 41.6 Å². The third-order valence-corrected chi connectivity index (χ3v) is 6.30. The number of hydrazine groups is 1. The summed E-state index contributed by atoms with van der Waals surface area (Å²) >= 11 is 0. The second-order valence-electron chi connectivity index (χ2n) is 9.41. The molecule has 0 saturated heterocycles. The van der Waals surface area contributed by atoms with Crippen molar-refractivity contribution in [2.45, 2.75) is 12.2 Å². The van der Waals surface area contributed by atoms with E-state index in [1.807, 2.05) is 5.43 Å². The number of amides is 3. The van der Waals surface area contributed by atoms with Crippen molar-refractivity contribution in [2.24, 2.45) is 0 Å². The van der Waals surface area contributed by atoms with Crippen LogP contribution in [0.25, 0.3) is 0 Å². The summed E-state index contributed by atoms with van der Waals surface area (Å²) in [6, 6.07) is 19.6. The molecule has 47 heavy (non-hydrogen) atoms. The lowest BCUT2D eigenvalue weighted by atomic mass is 10.1. The van der Waals surface area contributed by atoms with E-state index >= 15 is 0 Å². The molecule has 0 aliphatic heterocycles. The zero-order chi connectivity index (χ0) is 33.9. The van der Waals surface area contributed by atoms with Crippen molar-refractivity contribution in [1.82, 2.24) is 10.9 Å². The van der Waals surface area contributed by atoms with Gasteiger partial charge in [-0.2, -0.15) is 0 Å². The van der Waals surface area contributed by atoms with Crippen molar-refractivity contribution in [1.29, 1.82) is 0 Å². The number of nitrogens with one attached hydrogen (secondary N) is 3. The highest BCUT2D eigenvalue weighted by atomic mass is 16.6. The summed E-state index contributed by atoms with van der Waals surface area (Å²) in [5, 5.41) is 12.5. The van der Waals surface area contributed by atoms with Crippen LogP contribution < -0.4 is 25.6 Å². The topological polar surface area (TPSA) is 209 Å². The van der Waals surface area contributed by atoms with Crippen molar-refractivity contribution in [3.05, 3.63) is 114 Å². The highest BCUT2D eigenvalue weighted by Crippen LogP contribution is 2.19. The second-order valence-corrected chi connectivity index (χ2v) is 9.41. The largest absolute Gasteiger partial charge is 0.497 e. The predicted molar refractivity (Wildman–Crippen MR) is 161 cm³/mol. The van der Waals surface area contributed by atoms with Crippen LogP contribution in [-0.2, 0) is 19.1 Å². The van der Waals surface area contributed by atoms with Gasteiger partial charge < -0.3 is 33.8 Å². The van der Waals surface area contributed by atoms with Crippen LogP contribution in [0.2, 0.25) is 0 Å². The number of carbonyl (C=O) groups excluding carboxylic acids is 5. The molecule has 3 aromatic carbocycles. The first-order valence-corrected chi connectivity index (χ1v) is 13.6. The summed E-state index contributed by atoms with van der Waals surface area (Å²) in [6.45, 7) is 0. The molecule has 0 saturated carbocycles. The molecular weight excluding hydrogens is 618 g/mol. The van der Waals surface area contributed by atoms with Gasteiger partial charge in [-0.05, 0) is 72.8 Å². The Morgan fingerprint density at radius 1 is 0.660 bits per heavy atom. The number of benzene rings is 3. The monoisotopic (exact) mass is 645 g/mol. The number of anilines is 1. The fourth-order valence-electron chi connectivity index (χ4n) is 3.93. The number of hydrogen-bond acceptors (Lipinski definition) is 11. The van der Waals surface area contributed by atoms with Crippen molar-refractivity contribution >= 4 is 41.3 Å². The molecule has 242 valence electrons. The summed E-state index contributed by atoms with van der Waals surface area (Å²) in [4.78, 5) is 76.4. The number of carbonyl (C=O) groups is 6. The highest BCUT2D eigenvalue weighted by Gasteiger charge is 2.41. The van der Waals surface area contributed by atoms with Gasteiger partial charge in [0.2, 0.25) is 12.2 Å². The minimum Gasteiger partial charge on any atom is -0.497 e. The zero-order valence-electron chi connectivity index (χ0n) is 24.8. The fourth-order valence-corrected chi connectivity index (χ4v) is 3.93. The van der Waals surface area contributed by atoms with Crippen LogP contribution in [0.4, 0.5) is 5.69 Å². The van der Waals surface area contributed by atoms with Crippen molar-refractivity contribution in [3.8, 4) is 11.5 Å². The summed E-state index contributed by atoms with van der Waals surface area (Å²) in [6.07, 6.45) is -3.32. The molecule has 0 spiro atoms. The number of carboxylic acids is 1. The molecule has 1 heterocycles. The quantitative estimate of drug-likeness (QED) is 0.130. The number of methoxy groups -OCH3 is 2. The van der Waals surface area contributed by atoms with Gasteiger partial charge in [0, 0.05) is 11.3 Å². The number of hydrogen-bond donors (Lipinski definition) is 4. The molecule has 0 aliphatic carbocycles. The van der Waals surface area contributed by atoms with Gasteiger partial charge in [-0.15, -0.1) is 0 Å². The lowest BCUT2D eigenvalue weighted by Gasteiger charge is -2.23. The first kappa shape index (κ1) is 33.3. The smallest absolute Gasteiger partial charge is 0.349 e. The van der Waals surface area contributed by atoms with Crippen LogP contribution in [-0.4, -0.2) is 67.2 Å². The Kier molecular flexibility index (Phi) is 10.9. The molecule has 0 unspecified atom stereocenters. The molecule has 1 aromatic heterocycles. The molecule has 4 rings (SSSR count). The molecule has 15 heteroatoms. The first-order chi connectivity index (χ1) is 22.6. The Balaban J connectivity index is 1.50. The van der Waals surface area contributed by atoms with Crippen LogP contribution in [0, 0.1) is 0 Å². The van der Waals surface area contributed by atoms with Crippen molar-refractivity contribution in [3.63, 3.8) is 0 Å². The van der Waals surface area contributed by atoms with E-state index in [0.29, 0.717) is 5.69 Å². The molecule has 2 atom stereocenters. The van der Waals surface area contributed by atoms with Crippen LogP contribution in [0.5, 0.6) is 11.5 Å². The third-order valence-electron chi connectivity index (χ3n) is 6.30. The molecule has 0 radical (unpaired) electrons. The number of furan rings is 1. The molecule has 0 aliphatic rings. The lowest BCUT2D eigenvalue weighted by molar-refractivity contribution is -0.159. The predicted octanol–water partition coefficient (Wildman–Crippen LogP) is 2.85. The van der Waals surface area contributed by atoms with Crippen molar-refractivity contribution in [2.75, 3.05) is 19.5 Å². The Morgan fingerprint density at radius 3 is 1.74 bits per heavy atom. The number of aliphatic carboxylic acids is 1. The molecule has 15 nitrogen and oxygen atoms in total. The minimum absolute atomic E-state index is 0.0189. The van der Waals surface area contributed by atoms with E-state index in [9.17, 15) is 33.9 Å².